The van der Waals surface area contributed by atoms with Crippen molar-refractivity contribution in [2.75, 3.05) is 13.2 Å². The van der Waals surface area contributed by atoms with Gasteiger partial charge in [-0.2, -0.15) is 0 Å². The van der Waals surface area contributed by atoms with Gasteiger partial charge in [0.2, 0.25) is 0 Å². The number of halogens is 3. The lowest BCUT2D eigenvalue weighted by Gasteiger charge is -2.25. The van der Waals surface area contributed by atoms with E-state index < -0.39 is 22.6 Å². The Bertz CT molecular complexity index is 1090. The number of nitrogens with zero attached hydrogens (tertiary/aromatic N) is 3. The predicted molar refractivity (Wildman–Crippen MR) is 105 cm³/mol. The van der Waals surface area contributed by atoms with Crippen molar-refractivity contribution in [3.05, 3.63) is 59.6 Å². The third-order valence-corrected chi connectivity index (χ3v) is 5.71. The van der Waals surface area contributed by atoms with Gasteiger partial charge in [-0.25, -0.2) is 23.5 Å². The van der Waals surface area contributed by atoms with Crippen molar-refractivity contribution in [2.24, 2.45) is 5.41 Å². The fourth-order valence-electron chi connectivity index (χ4n) is 3.37. The Morgan fingerprint density at radius 3 is 2.86 bits per heavy atom. The number of alkyl halides is 1. The van der Waals surface area contributed by atoms with E-state index in [9.17, 15) is 13.6 Å². The lowest BCUT2D eigenvalue weighted by Crippen LogP contribution is -2.25. The summed E-state index contributed by atoms with van der Waals surface area (Å²) < 4.78 is 40.1. The number of rotatable bonds is 4. The molecule has 152 valence electrons. The molecular formula is C20H18BrF2N3O3. The number of imidazole rings is 1. The molecule has 1 fully saturated rings. The normalized spacial score (nSPS) is 19.4. The number of hydrogen-bond donors (Lipinski definition) is 0. The highest BCUT2D eigenvalue weighted by atomic mass is 79.9. The Labute approximate surface area is 174 Å². The van der Waals surface area contributed by atoms with Crippen molar-refractivity contribution in [2.45, 2.75) is 24.9 Å². The summed E-state index contributed by atoms with van der Waals surface area (Å²) in [6.07, 6.45) is 1.68. The van der Waals surface area contributed by atoms with E-state index in [1.54, 1.807) is 12.4 Å². The van der Waals surface area contributed by atoms with Crippen molar-refractivity contribution in [1.29, 1.82) is 0 Å². The third-order valence-electron chi connectivity index (χ3n) is 5.03. The van der Waals surface area contributed by atoms with E-state index in [2.05, 4.69) is 39.7 Å². The second kappa shape index (κ2) is 7.46. The molecule has 0 N–H and O–H groups in total. The molecule has 0 bridgehead atoms. The van der Waals surface area contributed by atoms with E-state index in [-0.39, 0.29) is 22.7 Å². The second-order valence-electron chi connectivity index (χ2n) is 7.60. The maximum atomic E-state index is 13.9. The number of carbonyl (C=O) groups is 1. The SMILES string of the molecule is CC1(C)COC[C@H]1n1cnc2ccc(C(=O)OC(Br)c3cc(F)ccc3F)nc21. The van der Waals surface area contributed by atoms with E-state index >= 15 is 0 Å². The highest BCUT2D eigenvalue weighted by Crippen LogP contribution is 2.38. The minimum absolute atomic E-state index is 0.0246. The molecule has 4 rings (SSSR count). The lowest BCUT2D eigenvalue weighted by molar-refractivity contribution is 0.0456. The number of esters is 1. The van der Waals surface area contributed by atoms with Crippen molar-refractivity contribution in [3.63, 3.8) is 0 Å². The molecule has 1 aromatic carbocycles. The Morgan fingerprint density at radius 2 is 2.14 bits per heavy atom. The first kappa shape index (κ1) is 19.9. The first-order valence-electron chi connectivity index (χ1n) is 8.97. The largest absolute Gasteiger partial charge is 0.441 e. The van der Waals surface area contributed by atoms with Crippen molar-refractivity contribution >= 4 is 33.1 Å². The molecule has 9 heteroatoms. The molecule has 1 saturated heterocycles. The molecule has 6 nitrogen and oxygen atoms in total. The fourth-order valence-corrected chi connectivity index (χ4v) is 3.89. The maximum absolute atomic E-state index is 13.9. The molecule has 3 aromatic rings. The standard InChI is InChI=1S/C20H18BrF2N3O3/c1-20(2)9-28-8-16(20)26-10-24-14-5-6-15(25-18(14)26)19(27)29-17(21)12-7-11(22)3-4-13(12)23/h3-7,10,16-17H,8-9H2,1-2H3/t16-,17?/m1/s1. The quantitative estimate of drug-likeness (QED) is 0.417. The van der Waals surface area contributed by atoms with Gasteiger partial charge < -0.3 is 14.0 Å². The summed E-state index contributed by atoms with van der Waals surface area (Å²) in [5.74, 6) is -2.09. The van der Waals surface area contributed by atoms with Crippen LogP contribution in [0.2, 0.25) is 0 Å². The molecule has 2 aromatic heterocycles. The van der Waals surface area contributed by atoms with Crippen LogP contribution in [-0.2, 0) is 9.47 Å². The van der Waals surface area contributed by atoms with E-state index in [1.165, 1.54) is 6.07 Å². The van der Waals surface area contributed by atoms with Gasteiger partial charge in [0.05, 0.1) is 25.6 Å². The number of aromatic nitrogens is 3. The highest BCUT2D eigenvalue weighted by Gasteiger charge is 2.38. The summed E-state index contributed by atoms with van der Waals surface area (Å²) in [5.41, 5.74) is 0.982. The van der Waals surface area contributed by atoms with Gasteiger partial charge in [-0.05, 0) is 46.3 Å². The molecule has 0 aliphatic carbocycles. The van der Waals surface area contributed by atoms with Gasteiger partial charge in [0, 0.05) is 11.0 Å². The van der Waals surface area contributed by atoms with Gasteiger partial charge in [-0.1, -0.05) is 13.8 Å². The molecule has 0 spiro atoms. The number of fused-ring (bicyclic) bond motifs is 1. The smallest absolute Gasteiger partial charge is 0.358 e. The van der Waals surface area contributed by atoms with Crippen LogP contribution >= 0.6 is 15.9 Å². The molecular weight excluding hydrogens is 448 g/mol. The lowest BCUT2D eigenvalue weighted by atomic mass is 9.88. The maximum Gasteiger partial charge on any atom is 0.358 e. The summed E-state index contributed by atoms with van der Waals surface area (Å²) in [5, 5.41) is -1.16. The van der Waals surface area contributed by atoms with Crippen LogP contribution in [0.25, 0.3) is 11.2 Å². The van der Waals surface area contributed by atoms with Crippen molar-refractivity contribution in [3.8, 4) is 0 Å². The van der Waals surface area contributed by atoms with Gasteiger partial charge in [-0.15, -0.1) is 0 Å². The zero-order chi connectivity index (χ0) is 20.8. The highest BCUT2D eigenvalue weighted by molar-refractivity contribution is 9.09. The van der Waals surface area contributed by atoms with Crippen LogP contribution in [0, 0.1) is 17.0 Å². The van der Waals surface area contributed by atoms with Crippen LogP contribution in [0.1, 0.15) is 41.0 Å². The molecule has 1 aliphatic rings. The van der Waals surface area contributed by atoms with Crippen LogP contribution < -0.4 is 0 Å². The minimum Gasteiger partial charge on any atom is -0.441 e. The zero-order valence-corrected chi connectivity index (χ0v) is 17.3. The molecule has 1 unspecified atom stereocenters. The van der Waals surface area contributed by atoms with E-state index in [4.69, 9.17) is 9.47 Å². The Kier molecular flexibility index (Phi) is 5.12. The fraction of sp³-hybridized carbons (Fsp3) is 0.350. The summed E-state index contributed by atoms with van der Waals surface area (Å²) >= 11 is 3.08. The Balaban J connectivity index is 1.61. The van der Waals surface area contributed by atoms with E-state index in [0.29, 0.717) is 24.4 Å². The topological polar surface area (TPSA) is 66.2 Å². The van der Waals surface area contributed by atoms with Crippen LogP contribution in [0.15, 0.2) is 36.7 Å². The number of pyridine rings is 1. The summed E-state index contributed by atoms with van der Waals surface area (Å²) in [7, 11) is 0. The molecule has 0 saturated carbocycles. The van der Waals surface area contributed by atoms with Crippen molar-refractivity contribution < 1.29 is 23.0 Å². The molecule has 0 amide bonds. The summed E-state index contributed by atoms with van der Waals surface area (Å²) in [6.45, 7) is 5.33. The van der Waals surface area contributed by atoms with Crippen molar-refractivity contribution in [1.82, 2.24) is 14.5 Å². The molecule has 29 heavy (non-hydrogen) atoms. The number of benzene rings is 1. The number of hydrogen-bond acceptors (Lipinski definition) is 5. The molecule has 0 radical (unpaired) electrons. The number of ether oxygens (including phenoxy) is 2. The molecule has 2 atom stereocenters. The van der Waals surface area contributed by atoms with E-state index in [1.807, 2.05) is 4.57 Å². The van der Waals surface area contributed by atoms with E-state index in [0.717, 1.165) is 18.2 Å². The average Bonchev–Trinajstić information content (AvgIpc) is 3.24. The second-order valence-corrected chi connectivity index (χ2v) is 8.43. The van der Waals surface area contributed by atoms with Gasteiger partial charge in [-0.3, -0.25) is 0 Å². The van der Waals surface area contributed by atoms with Gasteiger partial charge in [0.15, 0.2) is 16.4 Å². The minimum atomic E-state index is -1.16. The Morgan fingerprint density at radius 1 is 1.34 bits per heavy atom. The average molecular weight is 466 g/mol. The van der Waals surface area contributed by atoms with Gasteiger partial charge >= 0.3 is 5.97 Å². The Hall–Kier alpha value is -2.39. The van der Waals surface area contributed by atoms with Crippen LogP contribution in [0.5, 0.6) is 0 Å². The predicted octanol–water partition coefficient (Wildman–Crippen LogP) is 4.56. The molecule has 1 aliphatic heterocycles. The first-order chi connectivity index (χ1) is 13.8. The van der Waals surface area contributed by atoms with Gasteiger partial charge in [0.1, 0.15) is 17.2 Å². The van der Waals surface area contributed by atoms with Crippen LogP contribution in [0.3, 0.4) is 0 Å². The van der Waals surface area contributed by atoms with Crippen LogP contribution in [-0.4, -0.2) is 33.7 Å². The zero-order valence-electron chi connectivity index (χ0n) is 15.7. The summed E-state index contributed by atoms with van der Waals surface area (Å²) in [4.78, 5) is 21.3. The third kappa shape index (κ3) is 3.76. The van der Waals surface area contributed by atoms with Gasteiger partial charge in [0.25, 0.3) is 0 Å². The molecule has 3 heterocycles. The first-order valence-corrected chi connectivity index (χ1v) is 9.89. The monoisotopic (exact) mass is 465 g/mol. The van der Waals surface area contributed by atoms with Crippen LogP contribution in [0.4, 0.5) is 8.78 Å². The number of carbonyl (C=O) groups excluding carboxylic acids is 1. The summed E-state index contributed by atoms with van der Waals surface area (Å²) in [6, 6.07) is 6.11.